The molecular weight excluding hydrogens is 144 g/mol. The first-order valence-corrected chi connectivity index (χ1v) is 3.93. The maximum Gasteiger partial charge on any atom is 0.195 e. The molecule has 0 aliphatic carbocycles. The Morgan fingerprint density at radius 2 is 2.09 bits per heavy atom. The Labute approximate surface area is 67.6 Å². The van der Waals surface area contributed by atoms with Gasteiger partial charge in [0.05, 0.1) is 0 Å². The van der Waals surface area contributed by atoms with Crippen molar-refractivity contribution in [3.8, 4) is 0 Å². The average molecular weight is 160 g/mol. The highest BCUT2D eigenvalue weighted by atomic mass is 16.8. The van der Waals surface area contributed by atoms with Crippen LogP contribution in [-0.4, -0.2) is 25.3 Å². The van der Waals surface area contributed by atoms with Crippen LogP contribution < -0.4 is 0 Å². The predicted molar refractivity (Wildman–Crippen MR) is 41.1 cm³/mol. The van der Waals surface area contributed by atoms with Gasteiger partial charge in [0.2, 0.25) is 0 Å². The van der Waals surface area contributed by atoms with E-state index >= 15 is 0 Å². The normalized spacial score (nSPS) is 30.5. The van der Waals surface area contributed by atoms with Crippen molar-refractivity contribution in [1.29, 1.82) is 0 Å². The van der Waals surface area contributed by atoms with Gasteiger partial charge in [0.15, 0.2) is 11.6 Å². The maximum atomic E-state index is 5.59. The summed E-state index contributed by atoms with van der Waals surface area (Å²) < 4.78 is 15.9. The molecule has 0 aromatic heterocycles. The van der Waals surface area contributed by atoms with Crippen LogP contribution in [0.3, 0.4) is 0 Å². The predicted octanol–water partition coefficient (Wildman–Crippen LogP) is 1.52. The number of hydrogen-bond donors (Lipinski definition) is 0. The first kappa shape index (κ1) is 8.97. The zero-order valence-corrected chi connectivity index (χ0v) is 7.64. The van der Waals surface area contributed by atoms with Crippen LogP contribution >= 0.6 is 0 Å². The molecule has 0 spiro atoms. The third-order valence-electron chi connectivity index (χ3n) is 1.93. The molecule has 0 aromatic rings. The van der Waals surface area contributed by atoms with Crippen LogP contribution in [0.2, 0.25) is 0 Å². The Morgan fingerprint density at radius 1 is 1.55 bits per heavy atom. The molecule has 0 amide bonds. The molecule has 1 aliphatic rings. The number of epoxide rings is 1. The lowest BCUT2D eigenvalue weighted by Gasteiger charge is -2.26. The van der Waals surface area contributed by atoms with Gasteiger partial charge in [-0.15, -0.1) is 0 Å². The average Bonchev–Trinajstić information content (AvgIpc) is 2.69. The van der Waals surface area contributed by atoms with E-state index in [2.05, 4.69) is 0 Å². The van der Waals surface area contributed by atoms with Crippen molar-refractivity contribution in [1.82, 2.24) is 0 Å². The van der Waals surface area contributed by atoms with Crippen LogP contribution in [0, 0.1) is 0 Å². The molecular formula is C8H16O3. The van der Waals surface area contributed by atoms with Crippen molar-refractivity contribution in [3.05, 3.63) is 0 Å². The Bertz CT molecular complexity index is 134. The Kier molecular flexibility index (Phi) is 2.23. The molecule has 1 saturated heterocycles. The van der Waals surface area contributed by atoms with Gasteiger partial charge >= 0.3 is 0 Å². The first-order valence-electron chi connectivity index (χ1n) is 3.93. The van der Waals surface area contributed by atoms with E-state index in [1.807, 2.05) is 20.8 Å². The first-order chi connectivity index (χ1) is 5.04. The van der Waals surface area contributed by atoms with E-state index < -0.39 is 5.79 Å². The molecule has 1 atom stereocenters. The van der Waals surface area contributed by atoms with Gasteiger partial charge in [-0.1, -0.05) is 6.92 Å². The van der Waals surface area contributed by atoms with Gasteiger partial charge in [-0.3, -0.25) is 0 Å². The Balaban J connectivity index is 2.41. The molecule has 0 saturated carbocycles. The summed E-state index contributed by atoms with van der Waals surface area (Å²) in [7, 11) is 1.63. The second kappa shape index (κ2) is 2.73. The summed E-state index contributed by atoms with van der Waals surface area (Å²) in [5, 5.41) is 0. The molecule has 1 heterocycles. The van der Waals surface area contributed by atoms with Crippen LogP contribution in [0.5, 0.6) is 0 Å². The molecule has 0 radical (unpaired) electrons. The van der Waals surface area contributed by atoms with E-state index in [9.17, 15) is 0 Å². The second-order valence-corrected chi connectivity index (χ2v) is 3.26. The minimum absolute atomic E-state index is 0.348. The topological polar surface area (TPSA) is 31.0 Å². The van der Waals surface area contributed by atoms with Crippen LogP contribution in [-0.2, 0) is 14.2 Å². The van der Waals surface area contributed by atoms with Crippen molar-refractivity contribution >= 4 is 0 Å². The second-order valence-electron chi connectivity index (χ2n) is 3.26. The zero-order valence-electron chi connectivity index (χ0n) is 7.64. The van der Waals surface area contributed by atoms with Gasteiger partial charge in [-0.2, -0.15) is 0 Å². The lowest BCUT2D eigenvalue weighted by atomic mass is 10.3. The summed E-state index contributed by atoms with van der Waals surface area (Å²) in [5.41, 5.74) is 0. The van der Waals surface area contributed by atoms with Crippen LogP contribution in [0.15, 0.2) is 0 Å². The number of rotatable bonds is 4. The van der Waals surface area contributed by atoms with E-state index in [1.54, 1.807) is 7.11 Å². The minimum Gasteiger partial charge on any atom is -0.354 e. The van der Waals surface area contributed by atoms with Crippen molar-refractivity contribution in [2.75, 3.05) is 13.7 Å². The van der Waals surface area contributed by atoms with Gasteiger partial charge in [-0.25, -0.2) is 0 Å². The van der Waals surface area contributed by atoms with E-state index in [0.717, 1.165) is 6.42 Å². The van der Waals surface area contributed by atoms with E-state index in [1.165, 1.54) is 0 Å². The maximum absolute atomic E-state index is 5.59. The van der Waals surface area contributed by atoms with Crippen molar-refractivity contribution in [2.45, 2.75) is 38.8 Å². The smallest absolute Gasteiger partial charge is 0.195 e. The Morgan fingerprint density at radius 3 is 2.36 bits per heavy atom. The molecule has 66 valence electrons. The number of hydrogen-bond acceptors (Lipinski definition) is 3. The van der Waals surface area contributed by atoms with Crippen LogP contribution in [0.1, 0.15) is 27.2 Å². The summed E-state index contributed by atoms with van der Waals surface area (Å²) in [6.07, 6.45) is 0.875. The molecule has 3 heteroatoms. The van der Waals surface area contributed by atoms with Crippen LogP contribution in [0.25, 0.3) is 0 Å². The van der Waals surface area contributed by atoms with Gasteiger partial charge < -0.3 is 14.2 Å². The highest BCUT2D eigenvalue weighted by Gasteiger charge is 2.48. The number of methoxy groups -OCH3 is 1. The van der Waals surface area contributed by atoms with Gasteiger partial charge in [-0.05, 0) is 13.8 Å². The lowest BCUT2D eigenvalue weighted by molar-refractivity contribution is -0.255. The molecule has 3 nitrogen and oxygen atoms in total. The SMILES string of the molecule is CCC1(OC(C)(C)OC)CO1. The lowest BCUT2D eigenvalue weighted by Crippen LogP contribution is -2.34. The summed E-state index contributed by atoms with van der Waals surface area (Å²) >= 11 is 0. The van der Waals surface area contributed by atoms with Gasteiger partial charge in [0.1, 0.15) is 6.61 Å². The third kappa shape index (κ3) is 2.15. The molecule has 0 aromatic carbocycles. The summed E-state index contributed by atoms with van der Waals surface area (Å²) in [6, 6.07) is 0. The number of ether oxygens (including phenoxy) is 3. The van der Waals surface area contributed by atoms with Gasteiger partial charge in [0, 0.05) is 13.5 Å². The third-order valence-corrected chi connectivity index (χ3v) is 1.93. The van der Waals surface area contributed by atoms with E-state index in [4.69, 9.17) is 14.2 Å². The molecule has 1 fully saturated rings. The fraction of sp³-hybridized carbons (Fsp3) is 1.00. The summed E-state index contributed by atoms with van der Waals surface area (Å²) in [4.78, 5) is 0. The highest BCUT2D eigenvalue weighted by molar-refractivity contribution is 4.82. The fourth-order valence-electron chi connectivity index (χ4n) is 0.905. The van der Waals surface area contributed by atoms with Crippen molar-refractivity contribution in [3.63, 3.8) is 0 Å². The fourth-order valence-corrected chi connectivity index (χ4v) is 0.905. The largest absolute Gasteiger partial charge is 0.354 e. The molecule has 1 unspecified atom stereocenters. The van der Waals surface area contributed by atoms with E-state index in [0.29, 0.717) is 6.61 Å². The van der Waals surface area contributed by atoms with Crippen LogP contribution in [0.4, 0.5) is 0 Å². The molecule has 1 rings (SSSR count). The monoisotopic (exact) mass is 160 g/mol. The van der Waals surface area contributed by atoms with Gasteiger partial charge in [0.25, 0.3) is 0 Å². The summed E-state index contributed by atoms with van der Waals surface area (Å²) in [5.74, 6) is -0.883. The molecule has 0 bridgehead atoms. The molecule has 11 heavy (non-hydrogen) atoms. The van der Waals surface area contributed by atoms with E-state index in [-0.39, 0.29) is 5.79 Å². The summed E-state index contributed by atoms with van der Waals surface area (Å²) in [6.45, 7) is 6.49. The quantitative estimate of drug-likeness (QED) is 0.461. The van der Waals surface area contributed by atoms with Crippen molar-refractivity contribution < 1.29 is 14.2 Å². The standard InChI is InChI=1S/C8H16O3/c1-5-8(6-10-8)11-7(2,3)9-4/h5-6H2,1-4H3. The zero-order chi connectivity index (χ0) is 8.54. The molecule has 1 aliphatic heterocycles. The highest BCUT2D eigenvalue weighted by Crippen LogP contribution is 2.36. The molecule has 0 N–H and O–H groups in total. The minimum atomic E-state index is -0.535. The van der Waals surface area contributed by atoms with Crippen molar-refractivity contribution in [2.24, 2.45) is 0 Å². The Hall–Kier alpha value is -0.120.